The second-order valence-electron chi connectivity index (χ2n) is 7.22. The van der Waals surface area contributed by atoms with Crippen molar-refractivity contribution in [2.45, 2.75) is 11.4 Å². The van der Waals surface area contributed by atoms with Crippen LogP contribution >= 0.6 is 35.1 Å². The number of fused-ring (bicyclic) bond motifs is 1. The highest BCUT2D eigenvalue weighted by molar-refractivity contribution is 8.00. The first kappa shape index (κ1) is 23.0. The van der Waals surface area contributed by atoms with Crippen molar-refractivity contribution in [2.24, 2.45) is 5.73 Å². The molecule has 0 aliphatic carbocycles. The van der Waals surface area contributed by atoms with Crippen LogP contribution in [0, 0.1) is 0 Å². The molecule has 0 aromatic heterocycles. The molecule has 0 radical (unpaired) electrons. The fourth-order valence-electron chi connectivity index (χ4n) is 3.48. The van der Waals surface area contributed by atoms with Crippen LogP contribution in [0.4, 0.5) is 5.69 Å². The third kappa shape index (κ3) is 5.42. The fourth-order valence-corrected chi connectivity index (χ4v) is 4.92. The minimum Gasteiger partial charge on any atom is -0.366 e. The molecule has 0 heterocycles. The minimum atomic E-state index is -0.529. The van der Waals surface area contributed by atoms with Crippen LogP contribution in [0.3, 0.4) is 0 Å². The van der Waals surface area contributed by atoms with E-state index in [1.165, 1.54) is 11.9 Å². The molecular formula is C25H19Cl2N3O2S. The maximum Gasteiger partial charge on any atom is 0.252 e. The van der Waals surface area contributed by atoms with Gasteiger partial charge in [0.25, 0.3) is 5.91 Å². The summed E-state index contributed by atoms with van der Waals surface area (Å²) >= 11 is 13.6. The summed E-state index contributed by atoms with van der Waals surface area (Å²) in [5.74, 6) is -0.773. The van der Waals surface area contributed by atoms with Crippen LogP contribution in [-0.4, -0.2) is 11.8 Å². The first-order chi connectivity index (χ1) is 15.9. The monoisotopic (exact) mass is 495 g/mol. The Balaban J connectivity index is 1.56. The van der Waals surface area contributed by atoms with Gasteiger partial charge >= 0.3 is 0 Å². The summed E-state index contributed by atoms with van der Waals surface area (Å²) in [5, 5.41) is 5.70. The van der Waals surface area contributed by atoms with Crippen LogP contribution in [0.15, 0.2) is 83.8 Å². The van der Waals surface area contributed by atoms with Gasteiger partial charge in [0.15, 0.2) is 0 Å². The first-order valence-electron chi connectivity index (χ1n) is 9.99. The Morgan fingerprint density at radius 1 is 0.818 bits per heavy atom. The van der Waals surface area contributed by atoms with Gasteiger partial charge in [-0.15, -0.1) is 0 Å². The summed E-state index contributed by atoms with van der Waals surface area (Å²) in [6.45, 7) is 0.192. The summed E-state index contributed by atoms with van der Waals surface area (Å²) in [6.07, 6.45) is 0. The highest BCUT2D eigenvalue weighted by Gasteiger charge is 2.13. The number of amides is 2. The van der Waals surface area contributed by atoms with Crippen molar-refractivity contribution in [2.75, 3.05) is 4.72 Å². The Morgan fingerprint density at radius 2 is 1.48 bits per heavy atom. The van der Waals surface area contributed by atoms with Gasteiger partial charge in [0.2, 0.25) is 5.91 Å². The number of nitrogens with two attached hydrogens (primary N) is 1. The van der Waals surface area contributed by atoms with Crippen molar-refractivity contribution in [1.82, 2.24) is 5.32 Å². The van der Waals surface area contributed by atoms with E-state index >= 15 is 0 Å². The Labute approximate surface area is 205 Å². The van der Waals surface area contributed by atoms with Gasteiger partial charge in [-0.2, -0.15) is 0 Å². The Morgan fingerprint density at radius 3 is 2.24 bits per heavy atom. The Bertz CT molecular complexity index is 1340. The molecule has 2 amide bonds. The molecule has 4 rings (SSSR count). The van der Waals surface area contributed by atoms with E-state index in [1.54, 1.807) is 36.4 Å². The lowest BCUT2D eigenvalue weighted by Crippen LogP contribution is -2.25. The molecule has 0 atom stereocenters. The third-order valence-corrected chi connectivity index (χ3v) is 6.23. The molecule has 0 aliphatic heterocycles. The van der Waals surface area contributed by atoms with E-state index in [0.717, 1.165) is 21.4 Å². The van der Waals surface area contributed by atoms with Gasteiger partial charge in [0, 0.05) is 38.0 Å². The van der Waals surface area contributed by atoms with Crippen LogP contribution in [-0.2, 0) is 6.54 Å². The molecule has 4 aromatic rings. The van der Waals surface area contributed by atoms with Gasteiger partial charge in [-0.25, -0.2) is 0 Å². The minimum absolute atomic E-state index is 0.192. The average Bonchev–Trinajstić information content (AvgIpc) is 2.80. The molecule has 4 aromatic carbocycles. The van der Waals surface area contributed by atoms with Crippen LogP contribution in [0.25, 0.3) is 10.8 Å². The lowest BCUT2D eigenvalue weighted by atomic mass is 10.0. The summed E-state index contributed by atoms with van der Waals surface area (Å²) in [4.78, 5) is 25.5. The average molecular weight is 496 g/mol. The zero-order valence-electron chi connectivity index (χ0n) is 17.3. The molecule has 8 heteroatoms. The number of primary amides is 1. The molecule has 0 saturated carbocycles. The predicted octanol–water partition coefficient (Wildman–Crippen LogP) is 6.29. The van der Waals surface area contributed by atoms with Crippen molar-refractivity contribution in [1.29, 1.82) is 0 Å². The van der Waals surface area contributed by atoms with E-state index in [9.17, 15) is 9.59 Å². The van der Waals surface area contributed by atoms with E-state index in [2.05, 4.69) is 10.0 Å². The number of carbonyl (C=O) groups excluding carboxylic acids is 2. The molecule has 4 N–H and O–H groups in total. The maximum atomic E-state index is 13.0. The van der Waals surface area contributed by atoms with Gasteiger partial charge in [-0.3, -0.25) is 9.59 Å². The summed E-state index contributed by atoms with van der Waals surface area (Å²) in [6, 6.07) is 23.5. The molecule has 33 heavy (non-hydrogen) atoms. The maximum absolute atomic E-state index is 13.0. The molecular weight excluding hydrogens is 477 g/mol. The highest BCUT2D eigenvalue weighted by Crippen LogP contribution is 2.32. The smallest absolute Gasteiger partial charge is 0.252 e. The normalized spacial score (nSPS) is 10.7. The zero-order valence-corrected chi connectivity index (χ0v) is 19.6. The van der Waals surface area contributed by atoms with Gasteiger partial charge < -0.3 is 15.8 Å². The molecule has 0 saturated heterocycles. The second-order valence-corrected chi connectivity index (χ2v) is 8.97. The second kappa shape index (κ2) is 10.2. The van der Waals surface area contributed by atoms with Gasteiger partial charge in [-0.1, -0.05) is 65.7 Å². The van der Waals surface area contributed by atoms with Crippen LogP contribution < -0.4 is 15.8 Å². The van der Waals surface area contributed by atoms with Gasteiger partial charge in [0.05, 0.1) is 5.69 Å². The Kier molecular flexibility index (Phi) is 7.08. The fraction of sp³-hybridized carbons (Fsp3) is 0.0400. The van der Waals surface area contributed by atoms with E-state index in [-0.39, 0.29) is 12.5 Å². The van der Waals surface area contributed by atoms with E-state index in [0.29, 0.717) is 26.7 Å². The SMILES string of the molecule is NC(=O)c1ccccc1CNC(=O)c1cccc2c(NSc3cc(Cl)cc(Cl)c3)cccc12. The lowest BCUT2D eigenvalue weighted by Gasteiger charge is -2.13. The van der Waals surface area contributed by atoms with Gasteiger partial charge in [0.1, 0.15) is 0 Å². The number of nitrogens with one attached hydrogen (secondary N) is 2. The topological polar surface area (TPSA) is 84.2 Å². The van der Waals surface area contributed by atoms with Crippen molar-refractivity contribution >= 4 is 63.4 Å². The standard InChI is InChI=1S/C25H19Cl2N3O2S/c26-16-11-17(27)13-18(12-16)33-30-23-10-4-7-20-21(23)8-3-9-22(20)25(32)29-14-15-5-1-2-6-19(15)24(28)31/h1-13,30H,14H2,(H2,28,31)(H,29,32). The lowest BCUT2D eigenvalue weighted by molar-refractivity contribution is 0.0947. The number of hydrogen-bond donors (Lipinski definition) is 3. The van der Waals surface area contributed by atoms with Crippen molar-refractivity contribution < 1.29 is 9.59 Å². The largest absolute Gasteiger partial charge is 0.366 e. The van der Waals surface area contributed by atoms with Crippen LogP contribution in [0.5, 0.6) is 0 Å². The number of carbonyl (C=O) groups is 2. The quantitative estimate of drug-likeness (QED) is 0.263. The van der Waals surface area contributed by atoms with Crippen LogP contribution in [0.2, 0.25) is 10.0 Å². The molecule has 0 aliphatic rings. The van der Waals surface area contributed by atoms with Crippen molar-refractivity contribution in [3.63, 3.8) is 0 Å². The first-order valence-corrected chi connectivity index (χ1v) is 11.6. The summed E-state index contributed by atoms with van der Waals surface area (Å²) in [7, 11) is 0. The summed E-state index contributed by atoms with van der Waals surface area (Å²) < 4.78 is 3.32. The number of benzene rings is 4. The number of halogens is 2. The number of rotatable bonds is 7. The summed E-state index contributed by atoms with van der Waals surface area (Å²) in [5.41, 5.74) is 7.87. The zero-order chi connectivity index (χ0) is 23.4. The highest BCUT2D eigenvalue weighted by atomic mass is 35.5. The molecule has 0 unspecified atom stereocenters. The van der Waals surface area contributed by atoms with Crippen molar-refractivity contribution in [3.05, 3.63) is 106 Å². The number of hydrogen-bond acceptors (Lipinski definition) is 4. The molecule has 0 bridgehead atoms. The van der Waals surface area contributed by atoms with E-state index < -0.39 is 5.91 Å². The molecule has 0 fully saturated rings. The Hall–Kier alpha value is -3.19. The predicted molar refractivity (Wildman–Crippen MR) is 136 cm³/mol. The van der Waals surface area contributed by atoms with E-state index in [4.69, 9.17) is 28.9 Å². The molecule has 166 valence electrons. The van der Waals surface area contributed by atoms with Crippen molar-refractivity contribution in [3.8, 4) is 0 Å². The molecule has 0 spiro atoms. The number of anilines is 1. The van der Waals surface area contributed by atoms with Gasteiger partial charge in [-0.05, 0) is 59.3 Å². The van der Waals surface area contributed by atoms with E-state index in [1.807, 2.05) is 42.5 Å². The molecule has 5 nitrogen and oxygen atoms in total. The van der Waals surface area contributed by atoms with Crippen LogP contribution in [0.1, 0.15) is 26.3 Å². The third-order valence-electron chi connectivity index (χ3n) is 5.00.